The number of hydrogen-bond donors (Lipinski definition) is 1. The number of rotatable bonds is 3. The van der Waals surface area contributed by atoms with Crippen LogP contribution in [0.4, 0.5) is 0 Å². The fourth-order valence-corrected chi connectivity index (χ4v) is 4.83. The van der Waals surface area contributed by atoms with Crippen molar-refractivity contribution in [2.45, 2.75) is 32.2 Å². The summed E-state index contributed by atoms with van der Waals surface area (Å²) in [5.41, 5.74) is 2.66. The zero-order valence-electron chi connectivity index (χ0n) is 13.7. The van der Waals surface area contributed by atoms with Crippen molar-refractivity contribution < 1.29 is 13.2 Å². The van der Waals surface area contributed by atoms with Gasteiger partial charge in [0.1, 0.15) is 5.69 Å². The van der Waals surface area contributed by atoms with Gasteiger partial charge >= 0.3 is 0 Å². The molecule has 1 amide bonds. The van der Waals surface area contributed by atoms with Gasteiger partial charge in [0.2, 0.25) is 0 Å². The van der Waals surface area contributed by atoms with E-state index in [0.717, 1.165) is 10.9 Å². The minimum Gasteiger partial charge on any atom is -0.351 e. The molecule has 1 fully saturated rings. The third-order valence-corrected chi connectivity index (χ3v) is 6.37. The number of fused-ring (bicyclic) bond motifs is 1. The first kappa shape index (κ1) is 16.1. The van der Waals surface area contributed by atoms with Gasteiger partial charge in [-0.1, -0.05) is 26.0 Å². The predicted octanol–water partition coefficient (Wildman–Crippen LogP) is 2.55. The molecule has 1 aromatic heterocycles. The van der Waals surface area contributed by atoms with Crippen molar-refractivity contribution in [2.75, 3.05) is 18.6 Å². The molecule has 1 saturated heterocycles. The summed E-state index contributed by atoms with van der Waals surface area (Å²) in [7, 11) is -1.32. The minimum absolute atomic E-state index is 0.0625. The second kappa shape index (κ2) is 5.67. The average molecular weight is 334 g/mol. The van der Waals surface area contributed by atoms with Crippen molar-refractivity contribution in [3.05, 3.63) is 35.5 Å². The molecule has 0 bridgehead atoms. The summed E-state index contributed by atoms with van der Waals surface area (Å²) in [4.78, 5) is 17.4. The van der Waals surface area contributed by atoms with Gasteiger partial charge < -0.3 is 9.88 Å². The van der Waals surface area contributed by atoms with Crippen LogP contribution in [-0.4, -0.2) is 48.8 Å². The molecule has 2 aromatic rings. The Balaban J connectivity index is 1.86. The lowest BCUT2D eigenvalue weighted by atomic mass is 10.0. The first-order valence-corrected chi connectivity index (χ1v) is 9.69. The van der Waals surface area contributed by atoms with E-state index in [1.54, 1.807) is 11.9 Å². The van der Waals surface area contributed by atoms with E-state index in [9.17, 15) is 13.2 Å². The maximum absolute atomic E-state index is 12.6. The van der Waals surface area contributed by atoms with Crippen LogP contribution in [0.3, 0.4) is 0 Å². The number of amides is 1. The molecular weight excluding hydrogens is 312 g/mol. The van der Waals surface area contributed by atoms with Crippen molar-refractivity contribution in [3.63, 3.8) is 0 Å². The highest BCUT2D eigenvalue weighted by atomic mass is 32.2. The van der Waals surface area contributed by atoms with Gasteiger partial charge in [0.15, 0.2) is 9.84 Å². The van der Waals surface area contributed by atoms with E-state index < -0.39 is 9.84 Å². The summed E-state index contributed by atoms with van der Waals surface area (Å²) in [6.45, 7) is 4.26. The minimum atomic E-state index is -3.00. The van der Waals surface area contributed by atoms with Crippen LogP contribution in [0.2, 0.25) is 0 Å². The van der Waals surface area contributed by atoms with Crippen LogP contribution in [0.5, 0.6) is 0 Å². The summed E-state index contributed by atoms with van der Waals surface area (Å²) in [5, 5.41) is 0.991. The number of benzene rings is 1. The van der Waals surface area contributed by atoms with Crippen LogP contribution in [0.15, 0.2) is 24.3 Å². The monoisotopic (exact) mass is 334 g/mol. The number of aromatic amines is 1. The summed E-state index contributed by atoms with van der Waals surface area (Å²) in [5.74, 6) is 0.495. The highest BCUT2D eigenvalue weighted by Crippen LogP contribution is 2.24. The van der Waals surface area contributed by atoms with Crippen molar-refractivity contribution >= 4 is 26.6 Å². The topological polar surface area (TPSA) is 70.2 Å². The number of aromatic nitrogens is 1. The Labute approximate surface area is 136 Å². The fraction of sp³-hybridized carbons (Fsp3) is 0.471. The first-order chi connectivity index (χ1) is 10.8. The summed E-state index contributed by atoms with van der Waals surface area (Å²) in [6, 6.07) is 7.75. The Morgan fingerprint density at radius 3 is 2.65 bits per heavy atom. The SMILES string of the molecule is CC(C)c1ccc2cc(C(=O)N(C)C3CCS(=O)(=O)C3)[nH]c2c1. The predicted molar refractivity (Wildman–Crippen MR) is 91.5 cm³/mol. The lowest BCUT2D eigenvalue weighted by molar-refractivity contribution is 0.0743. The molecule has 6 heteroatoms. The van der Waals surface area contributed by atoms with Crippen LogP contribution in [0, 0.1) is 0 Å². The van der Waals surface area contributed by atoms with E-state index in [4.69, 9.17) is 0 Å². The Morgan fingerprint density at radius 1 is 1.30 bits per heavy atom. The van der Waals surface area contributed by atoms with E-state index in [0.29, 0.717) is 18.0 Å². The second-order valence-electron chi connectivity index (χ2n) is 6.66. The van der Waals surface area contributed by atoms with E-state index >= 15 is 0 Å². The lowest BCUT2D eigenvalue weighted by Crippen LogP contribution is -2.37. The Morgan fingerprint density at radius 2 is 2.04 bits per heavy atom. The molecule has 1 aromatic carbocycles. The molecule has 3 rings (SSSR count). The third-order valence-electron chi connectivity index (χ3n) is 4.62. The van der Waals surface area contributed by atoms with Crippen molar-refractivity contribution in [1.82, 2.24) is 9.88 Å². The molecule has 0 radical (unpaired) electrons. The third kappa shape index (κ3) is 3.13. The smallest absolute Gasteiger partial charge is 0.270 e. The fourth-order valence-electron chi connectivity index (χ4n) is 3.06. The van der Waals surface area contributed by atoms with Crippen LogP contribution < -0.4 is 0 Å². The van der Waals surface area contributed by atoms with Gasteiger partial charge in [0, 0.05) is 24.0 Å². The zero-order valence-corrected chi connectivity index (χ0v) is 14.5. The molecule has 5 nitrogen and oxygen atoms in total. The number of nitrogens with zero attached hydrogens (tertiary/aromatic N) is 1. The molecule has 1 unspecified atom stereocenters. The average Bonchev–Trinajstić information content (AvgIpc) is 3.07. The number of nitrogens with one attached hydrogen (secondary N) is 1. The van der Waals surface area contributed by atoms with Gasteiger partial charge in [-0.05, 0) is 30.0 Å². The largest absolute Gasteiger partial charge is 0.351 e. The number of sulfone groups is 1. The lowest BCUT2D eigenvalue weighted by Gasteiger charge is -2.22. The van der Waals surface area contributed by atoms with Gasteiger partial charge in [-0.25, -0.2) is 8.42 Å². The maximum Gasteiger partial charge on any atom is 0.270 e. The van der Waals surface area contributed by atoms with E-state index in [1.165, 1.54) is 5.56 Å². The molecule has 1 aliphatic heterocycles. The van der Waals surface area contributed by atoms with Crippen LogP contribution >= 0.6 is 0 Å². The summed E-state index contributed by atoms with van der Waals surface area (Å²) in [6.07, 6.45) is 0.516. The molecule has 0 spiro atoms. The van der Waals surface area contributed by atoms with Gasteiger partial charge in [-0.15, -0.1) is 0 Å². The number of carbonyl (C=O) groups excluding carboxylic acids is 1. The Bertz CT molecular complexity index is 852. The molecule has 2 heterocycles. The molecule has 1 N–H and O–H groups in total. The maximum atomic E-state index is 12.6. The molecular formula is C17H22N2O3S. The molecule has 124 valence electrons. The standard InChI is InChI=1S/C17H22N2O3S/c1-11(2)12-4-5-13-9-16(18-15(13)8-12)17(20)19(3)14-6-7-23(21,22)10-14/h4-5,8-9,11,14,18H,6-7,10H2,1-3H3. The van der Waals surface area contributed by atoms with Crippen LogP contribution in [-0.2, 0) is 9.84 Å². The van der Waals surface area contributed by atoms with Gasteiger partial charge in [0.05, 0.1) is 11.5 Å². The van der Waals surface area contributed by atoms with E-state index in [-0.39, 0.29) is 23.5 Å². The number of carbonyl (C=O) groups is 1. The van der Waals surface area contributed by atoms with E-state index in [2.05, 4.69) is 31.0 Å². The Hall–Kier alpha value is -1.82. The zero-order chi connectivity index (χ0) is 16.8. The molecule has 1 aliphatic rings. The molecule has 0 aliphatic carbocycles. The quantitative estimate of drug-likeness (QED) is 0.938. The first-order valence-electron chi connectivity index (χ1n) is 7.87. The van der Waals surface area contributed by atoms with Crippen LogP contribution in [0.1, 0.15) is 42.2 Å². The highest BCUT2D eigenvalue weighted by molar-refractivity contribution is 7.91. The van der Waals surface area contributed by atoms with Crippen molar-refractivity contribution in [2.24, 2.45) is 0 Å². The van der Waals surface area contributed by atoms with E-state index in [1.807, 2.05) is 12.1 Å². The van der Waals surface area contributed by atoms with Crippen LogP contribution in [0.25, 0.3) is 10.9 Å². The Kier molecular flexibility index (Phi) is 3.96. The van der Waals surface area contributed by atoms with Gasteiger partial charge in [0.25, 0.3) is 5.91 Å². The number of hydrogen-bond acceptors (Lipinski definition) is 3. The summed E-state index contributed by atoms with van der Waals surface area (Å²) < 4.78 is 23.2. The van der Waals surface area contributed by atoms with Crippen molar-refractivity contribution in [3.8, 4) is 0 Å². The van der Waals surface area contributed by atoms with Crippen molar-refractivity contribution in [1.29, 1.82) is 0 Å². The highest BCUT2D eigenvalue weighted by Gasteiger charge is 2.33. The van der Waals surface area contributed by atoms with Gasteiger partial charge in [-0.2, -0.15) is 0 Å². The summed E-state index contributed by atoms with van der Waals surface area (Å²) >= 11 is 0. The number of H-pyrrole nitrogens is 1. The second-order valence-corrected chi connectivity index (χ2v) is 8.89. The molecule has 23 heavy (non-hydrogen) atoms. The van der Waals surface area contributed by atoms with Gasteiger partial charge in [-0.3, -0.25) is 4.79 Å². The molecule has 1 atom stereocenters. The normalized spacial score (nSPS) is 20.3. The molecule has 0 saturated carbocycles.